The second-order valence-electron chi connectivity index (χ2n) is 4.45. The molecule has 0 saturated carbocycles. The highest BCUT2D eigenvalue weighted by atomic mass is 79.9. The molecule has 0 atom stereocenters. The van der Waals surface area contributed by atoms with Crippen LogP contribution in [0.1, 0.15) is 11.4 Å². The van der Waals surface area contributed by atoms with E-state index in [4.69, 9.17) is 5.73 Å². The minimum Gasteiger partial charge on any atom is -0.397 e. The number of hydrogen-bond donors (Lipinski definition) is 1. The number of hydrogen-bond acceptors (Lipinski definition) is 3. The summed E-state index contributed by atoms with van der Waals surface area (Å²) in [5.41, 5.74) is 8.96. The van der Waals surface area contributed by atoms with Crippen LogP contribution in [0.15, 0.2) is 34.8 Å². The summed E-state index contributed by atoms with van der Waals surface area (Å²) in [6.07, 6.45) is 0. The molecule has 1 aromatic heterocycles. The zero-order valence-corrected chi connectivity index (χ0v) is 12.4. The van der Waals surface area contributed by atoms with Gasteiger partial charge in [-0.05, 0) is 41.1 Å². The van der Waals surface area contributed by atoms with Crippen molar-refractivity contribution >= 4 is 27.3 Å². The standard InChI is InChI=1S/C14H15BrFN3/c1-9-4-3-5-10(18-9)8-19(2)14-6-11(15)12(16)7-13(14)17/h3-7H,8,17H2,1-2H3. The van der Waals surface area contributed by atoms with Gasteiger partial charge in [0.05, 0.1) is 28.1 Å². The van der Waals surface area contributed by atoms with Crippen molar-refractivity contribution in [3.63, 3.8) is 0 Å². The number of nitrogen functional groups attached to an aromatic ring is 1. The van der Waals surface area contributed by atoms with Crippen molar-refractivity contribution in [2.45, 2.75) is 13.5 Å². The van der Waals surface area contributed by atoms with Crippen molar-refractivity contribution in [2.24, 2.45) is 0 Å². The Morgan fingerprint density at radius 1 is 1.37 bits per heavy atom. The fourth-order valence-corrected chi connectivity index (χ4v) is 2.23. The van der Waals surface area contributed by atoms with Crippen LogP contribution in [-0.4, -0.2) is 12.0 Å². The van der Waals surface area contributed by atoms with Gasteiger partial charge in [0.25, 0.3) is 0 Å². The first-order chi connectivity index (χ1) is 8.97. The lowest BCUT2D eigenvalue weighted by Gasteiger charge is -2.21. The summed E-state index contributed by atoms with van der Waals surface area (Å²) in [7, 11) is 1.90. The van der Waals surface area contributed by atoms with Gasteiger partial charge in [0.1, 0.15) is 5.82 Å². The predicted molar refractivity (Wildman–Crippen MR) is 79.6 cm³/mol. The molecule has 0 aliphatic carbocycles. The molecule has 1 heterocycles. The van der Waals surface area contributed by atoms with Crippen molar-refractivity contribution in [2.75, 3.05) is 17.7 Å². The molecule has 0 saturated heterocycles. The lowest BCUT2D eigenvalue weighted by molar-refractivity contribution is 0.621. The van der Waals surface area contributed by atoms with E-state index in [0.29, 0.717) is 16.7 Å². The molecule has 0 bridgehead atoms. The fourth-order valence-electron chi connectivity index (χ4n) is 1.90. The quantitative estimate of drug-likeness (QED) is 0.879. The Labute approximate surface area is 120 Å². The zero-order valence-electron chi connectivity index (χ0n) is 10.8. The van der Waals surface area contributed by atoms with Gasteiger partial charge in [0.2, 0.25) is 0 Å². The third-order valence-electron chi connectivity index (χ3n) is 2.83. The first kappa shape index (κ1) is 13.8. The second kappa shape index (κ2) is 5.57. The maximum atomic E-state index is 13.3. The van der Waals surface area contributed by atoms with Gasteiger partial charge >= 0.3 is 0 Å². The van der Waals surface area contributed by atoms with Crippen molar-refractivity contribution < 1.29 is 4.39 Å². The van der Waals surface area contributed by atoms with E-state index in [9.17, 15) is 4.39 Å². The summed E-state index contributed by atoms with van der Waals surface area (Å²) in [5, 5.41) is 0. The molecule has 0 fully saturated rings. The Morgan fingerprint density at radius 3 is 2.79 bits per heavy atom. The molecule has 0 spiro atoms. The number of halogens is 2. The number of aromatic nitrogens is 1. The van der Waals surface area contributed by atoms with Crippen molar-refractivity contribution in [3.05, 3.63) is 52.0 Å². The molecule has 2 rings (SSSR count). The van der Waals surface area contributed by atoms with Crippen LogP contribution in [0.2, 0.25) is 0 Å². The van der Waals surface area contributed by atoms with E-state index in [1.54, 1.807) is 6.07 Å². The van der Waals surface area contributed by atoms with E-state index in [2.05, 4.69) is 20.9 Å². The molecule has 0 radical (unpaired) electrons. The van der Waals surface area contributed by atoms with Gasteiger partial charge in [0.15, 0.2) is 0 Å². The van der Waals surface area contributed by atoms with E-state index in [1.807, 2.05) is 37.1 Å². The van der Waals surface area contributed by atoms with Crippen LogP contribution >= 0.6 is 15.9 Å². The van der Waals surface area contributed by atoms with Crippen molar-refractivity contribution in [3.8, 4) is 0 Å². The molecule has 1 aromatic carbocycles. The average Bonchev–Trinajstić information content (AvgIpc) is 2.33. The van der Waals surface area contributed by atoms with E-state index in [1.165, 1.54) is 6.07 Å². The number of anilines is 2. The number of rotatable bonds is 3. The summed E-state index contributed by atoms with van der Waals surface area (Å²) < 4.78 is 13.7. The normalized spacial score (nSPS) is 10.5. The Hall–Kier alpha value is -1.62. The lowest BCUT2D eigenvalue weighted by Crippen LogP contribution is -2.19. The zero-order chi connectivity index (χ0) is 14.0. The highest BCUT2D eigenvalue weighted by Crippen LogP contribution is 2.29. The summed E-state index contributed by atoms with van der Waals surface area (Å²) in [4.78, 5) is 6.39. The largest absolute Gasteiger partial charge is 0.397 e. The van der Waals surface area contributed by atoms with Gasteiger partial charge in [-0.15, -0.1) is 0 Å². The smallest absolute Gasteiger partial charge is 0.139 e. The molecular formula is C14H15BrFN3. The molecule has 2 aromatic rings. The van der Waals surface area contributed by atoms with Gasteiger partial charge in [-0.25, -0.2) is 4.39 Å². The SMILES string of the molecule is Cc1cccc(CN(C)c2cc(Br)c(F)cc2N)n1. The average molecular weight is 324 g/mol. The molecule has 0 aliphatic heterocycles. The van der Waals surface area contributed by atoms with Crippen molar-refractivity contribution in [1.82, 2.24) is 4.98 Å². The molecule has 3 nitrogen and oxygen atoms in total. The molecule has 0 aliphatic rings. The van der Waals surface area contributed by atoms with Crippen LogP contribution in [0, 0.1) is 12.7 Å². The molecular weight excluding hydrogens is 309 g/mol. The van der Waals surface area contributed by atoms with Crippen LogP contribution in [0.5, 0.6) is 0 Å². The summed E-state index contributed by atoms with van der Waals surface area (Å²) in [5.74, 6) is -0.358. The van der Waals surface area contributed by atoms with Gasteiger partial charge in [-0.3, -0.25) is 4.98 Å². The van der Waals surface area contributed by atoms with Gasteiger partial charge in [-0.1, -0.05) is 6.07 Å². The first-order valence-corrected chi connectivity index (χ1v) is 6.65. The third kappa shape index (κ3) is 3.23. The topological polar surface area (TPSA) is 42.1 Å². The number of nitrogens with two attached hydrogens (primary N) is 1. The number of nitrogens with zero attached hydrogens (tertiary/aromatic N) is 2. The molecule has 0 unspecified atom stereocenters. The first-order valence-electron chi connectivity index (χ1n) is 5.85. The highest BCUT2D eigenvalue weighted by molar-refractivity contribution is 9.10. The number of benzene rings is 1. The van der Waals surface area contributed by atoms with Gasteiger partial charge < -0.3 is 10.6 Å². The second-order valence-corrected chi connectivity index (χ2v) is 5.31. The number of pyridine rings is 1. The van der Waals surface area contributed by atoms with E-state index >= 15 is 0 Å². The Morgan fingerprint density at radius 2 is 2.11 bits per heavy atom. The minimum atomic E-state index is -0.358. The lowest BCUT2D eigenvalue weighted by atomic mass is 10.2. The third-order valence-corrected chi connectivity index (χ3v) is 3.43. The van der Waals surface area contributed by atoms with Crippen molar-refractivity contribution in [1.29, 1.82) is 0 Å². The van der Waals surface area contributed by atoms with Crippen LogP contribution in [0.25, 0.3) is 0 Å². The molecule has 5 heteroatoms. The van der Waals surface area contributed by atoms with Gasteiger partial charge in [0, 0.05) is 18.8 Å². The van der Waals surface area contributed by atoms with Crippen LogP contribution in [0.4, 0.5) is 15.8 Å². The molecule has 0 amide bonds. The van der Waals surface area contributed by atoms with E-state index < -0.39 is 0 Å². The molecule has 19 heavy (non-hydrogen) atoms. The summed E-state index contributed by atoms with van der Waals surface area (Å²) >= 11 is 3.17. The molecule has 2 N–H and O–H groups in total. The Kier molecular flexibility index (Phi) is 4.04. The van der Waals surface area contributed by atoms with Crippen LogP contribution < -0.4 is 10.6 Å². The Bertz CT molecular complexity index is 601. The van der Waals surface area contributed by atoms with Crippen LogP contribution in [0.3, 0.4) is 0 Å². The summed E-state index contributed by atoms with van der Waals surface area (Å²) in [6, 6.07) is 8.88. The Balaban J connectivity index is 2.25. The fraction of sp³-hybridized carbons (Fsp3) is 0.214. The maximum Gasteiger partial charge on any atom is 0.139 e. The maximum absolute atomic E-state index is 13.3. The van der Waals surface area contributed by atoms with Gasteiger partial charge in [-0.2, -0.15) is 0 Å². The van der Waals surface area contributed by atoms with E-state index in [0.717, 1.165) is 17.1 Å². The highest BCUT2D eigenvalue weighted by Gasteiger charge is 2.10. The number of aryl methyl sites for hydroxylation is 1. The summed E-state index contributed by atoms with van der Waals surface area (Å²) in [6.45, 7) is 2.57. The minimum absolute atomic E-state index is 0.358. The van der Waals surface area contributed by atoms with E-state index in [-0.39, 0.29) is 5.82 Å². The monoisotopic (exact) mass is 323 g/mol. The predicted octanol–water partition coefficient (Wildman–Crippen LogP) is 3.51. The van der Waals surface area contributed by atoms with Crippen LogP contribution in [-0.2, 0) is 6.54 Å². The molecule has 100 valence electrons.